The van der Waals surface area contributed by atoms with Gasteiger partial charge in [-0.1, -0.05) is 6.92 Å². The Morgan fingerprint density at radius 3 is 2.53 bits per heavy atom. The summed E-state index contributed by atoms with van der Waals surface area (Å²) in [5.74, 6) is 1.77. The van der Waals surface area contributed by atoms with Gasteiger partial charge in [0.2, 0.25) is 0 Å². The standard InChI is InChI=1S/C14H27N5/c1-7-19(12(3)9-18(5)6)10-14-16-11(2)8-13(15-4)17-14/h8,12H,7,9-10H2,1-6H3,(H,15,16,17). The van der Waals surface area contributed by atoms with Crippen LogP contribution < -0.4 is 5.32 Å². The highest BCUT2D eigenvalue weighted by atomic mass is 15.2. The highest BCUT2D eigenvalue weighted by Crippen LogP contribution is 2.09. The number of nitrogens with zero attached hydrogens (tertiary/aromatic N) is 4. The molecule has 0 amide bonds. The molecule has 5 heteroatoms. The zero-order valence-corrected chi connectivity index (χ0v) is 13.1. The average Bonchev–Trinajstić information content (AvgIpc) is 2.34. The highest BCUT2D eigenvalue weighted by molar-refractivity contribution is 5.34. The monoisotopic (exact) mass is 265 g/mol. The molecule has 1 aromatic rings. The van der Waals surface area contributed by atoms with Crippen LogP contribution in [-0.2, 0) is 6.54 Å². The van der Waals surface area contributed by atoms with E-state index in [-0.39, 0.29) is 0 Å². The molecule has 0 saturated carbocycles. The molecule has 1 unspecified atom stereocenters. The number of hydrogen-bond donors (Lipinski definition) is 1. The molecule has 0 fully saturated rings. The second kappa shape index (κ2) is 7.40. The largest absolute Gasteiger partial charge is 0.373 e. The third kappa shape index (κ3) is 5.12. The zero-order chi connectivity index (χ0) is 14.4. The lowest BCUT2D eigenvalue weighted by Crippen LogP contribution is -2.39. The molecule has 1 atom stereocenters. The maximum atomic E-state index is 4.52. The quantitative estimate of drug-likeness (QED) is 0.811. The lowest BCUT2D eigenvalue weighted by molar-refractivity contribution is 0.170. The van der Waals surface area contributed by atoms with E-state index in [4.69, 9.17) is 0 Å². The number of anilines is 1. The molecule has 0 spiro atoms. The van der Waals surface area contributed by atoms with Gasteiger partial charge in [-0.15, -0.1) is 0 Å². The van der Waals surface area contributed by atoms with Gasteiger partial charge in [0.25, 0.3) is 0 Å². The number of aromatic nitrogens is 2. The minimum Gasteiger partial charge on any atom is -0.373 e. The van der Waals surface area contributed by atoms with Crippen molar-refractivity contribution in [2.75, 3.05) is 39.5 Å². The predicted octanol–water partition coefficient (Wildman–Crippen LogP) is 1.60. The molecular formula is C14H27N5. The van der Waals surface area contributed by atoms with Crippen LogP contribution in [0.25, 0.3) is 0 Å². The van der Waals surface area contributed by atoms with Crippen molar-refractivity contribution >= 4 is 5.82 Å². The Kier molecular flexibility index (Phi) is 6.18. The summed E-state index contributed by atoms with van der Waals surface area (Å²) in [7, 11) is 6.09. The molecule has 108 valence electrons. The van der Waals surface area contributed by atoms with Crippen LogP contribution >= 0.6 is 0 Å². The summed E-state index contributed by atoms with van der Waals surface area (Å²) in [6.45, 7) is 9.27. The van der Waals surface area contributed by atoms with Gasteiger partial charge in [0, 0.05) is 31.4 Å². The van der Waals surface area contributed by atoms with Gasteiger partial charge in [0.1, 0.15) is 11.6 Å². The number of aryl methyl sites for hydroxylation is 1. The summed E-state index contributed by atoms with van der Waals surface area (Å²) < 4.78 is 0. The average molecular weight is 265 g/mol. The molecule has 0 aromatic carbocycles. The summed E-state index contributed by atoms with van der Waals surface area (Å²) in [4.78, 5) is 13.7. The van der Waals surface area contributed by atoms with Crippen LogP contribution in [0.4, 0.5) is 5.82 Å². The molecule has 0 aliphatic heterocycles. The fourth-order valence-electron chi connectivity index (χ4n) is 2.23. The van der Waals surface area contributed by atoms with E-state index in [2.05, 4.69) is 53.0 Å². The molecule has 1 N–H and O–H groups in total. The third-order valence-corrected chi connectivity index (χ3v) is 3.16. The van der Waals surface area contributed by atoms with Crippen molar-refractivity contribution < 1.29 is 0 Å². The topological polar surface area (TPSA) is 44.3 Å². The molecule has 5 nitrogen and oxygen atoms in total. The molecule has 0 radical (unpaired) electrons. The van der Waals surface area contributed by atoms with Crippen LogP contribution in [0.1, 0.15) is 25.4 Å². The first-order valence-electron chi connectivity index (χ1n) is 6.87. The summed E-state index contributed by atoms with van der Waals surface area (Å²) in [6.07, 6.45) is 0. The van der Waals surface area contributed by atoms with Gasteiger partial charge in [-0.25, -0.2) is 9.97 Å². The van der Waals surface area contributed by atoms with Gasteiger partial charge in [0.05, 0.1) is 6.54 Å². The van der Waals surface area contributed by atoms with Crippen molar-refractivity contribution in [2.45, 2.75) is 33.4 Å². The van der Waals surface area contributed by atoms with Gasteiger partial charge >= 0.3 is 0 Å². The second-order valence-corrected chi connectivity index (χ2v) is 5.24. The Balaban J connectivity index is 2.77. The number of hydrogen-bond acceptors (Lipinski definition) is 5. The van der Waals surface area contributed by atoms with Gasteiger partial charge < -0.3 is 10.2 Å². The zero-order valence-electron chi connectivity index (χ0n) is 13.1. The van der Waals surface area contributed by atoms with Crippen molar-refractivity contribution in [3.63, 3.8) is 0 Å². The van der Waals surface area contributed by atoms with Crippen molar-refractivity contribution in [3.8, 4) is 0 Å². The SMILES string of the molecule is CCN(Cc1nc(C)cc(NC)n1)C(C)CN(C)C. The first-order valence-corrected chi connectivity index (χ1v) is 6.87. The Labute approximate surface area is 117 Å². The molecule has 0 saturated heterocycles. The van der Waals surface area contributed by atoms with E-state index in [0.717, 1.165) is 37.0 Å². The first kappa shape index (κ1) is 15.9. The molecule has 0 aliphatic rings. The maximum Gasteiger partial charge on any atom is 0.144 e. The van der Waals surface area contributed by atoms with E-state index < -0.39 is 0 Å². The maximum absolute atomic E-state index is 4.52. The van der Waals surface area contributed by atoms with E-state index >= 15 is 0 Å². The molecule has 1 aromatic heterocycles. The number of likely N-dealkylation sites (N-methyl/N-ethyl adjacent to an activating group) is 2. The van der Waals surface area contributed by atoms with Crippen LogP contribution in [0.2, 0.25) is 0 Å². The molecular weight excluding hydrogens is 238 g/mol. The summed E-state index contributed by atoms with van der Waals surface area (Å²) in [5.41, 5.74) is 1.01. The van der Waals surface area contributed by atoms with Gasteiger partial charge in [-0.3, -0.25) is 4.90 Å². The van der Waals surface area contributed by atoms with E-state index in [1.54, 1.807) is 0 Å². The van der Waals surface area contributed by atoms with Crippen LogP contribution in [-0.4, -0.2) is 60.0 Å². The number of nitrogens with one attached hydrogen (secondary N) is 1. The molecule has 1 heterocycles. The lowest BCUT2D eigenvalue weighted by atomic mass is 10.2. The van der Waals surface area contributed by atoms with Crippen LogP contribution in [0.15, 0.2) is 6.07 Å². The normalized spacial score (nSPS) is 13.1. The Hall–Kier alpha value is -1.20. The van der Waals surface area contributed by atoms with E-state index in [9.17, 15) is 0 Å². The van der Waals surface area contributed by atoms with Crippen LogP contribution in [0, 0.1) is 6.92 Å². The Bertz CT molecular complexity index is 391. The molecule has 0 bridgehead atoms. The Morgan fingerprint density at radius 1 is 1.32 bits per heavy atom. The highest BCUT2D eigenvalue weighted by Gasteiger charge is 2.15. The van der Waals surface area contributed by atoms with Crippen molar-refractivity contribution in [2.24, 2.45) is 0 Å². The van der Waals surface area contributed by atoms with Gasteiger partial charge in [-0.05, 0) is 34.5 Å². The van der Waals surface area contributed by atoms with Gasteiger partial charge in [0.15, 0.2) is 0 Å². The summed E-state index contributed by atoms with van der Waals surface area (Å²) in [6, 6.07) is 2.45. The summed E-state index contributed by atoms with van der Waals surface area (Å²) in [5, 5.41) is 3.08. The van der Waals surface area contributed by atoms with Crippen LogP contribution in [0.3, 0.4) is 0 Å². The number of rotatable bonds is 7. The minimum atomic E-state index is 0.488. The smallest absolute Gasteiger partial charge is 0.144 e. The third-order valence-electron chi connectivity index (χ3n) is 3.16. The Morgan fingerprint density at radius 2 is 2.00 bits per heavy atom. The van der Waals surface area contributed by atoms with Crippen molar-refractivity contribution in [1.82, 2.24) is 19.8 Å². The minimum absolute atomic E-state index is 0.488. The van der Waals surface area contributed by atoms with Crippen LogP contribution in [0.5, 0.6) is 0 Å². The first-order chi connectivity index (χ1) is 8.96. The van der Waals surface area contributed by atoms with E-state index in [1.165, 1.54) is 0 Å². The van der Waals surface area contributed by atoms with Crippen molar-refractivity contribution in [1.29, 1.82) is 0 Å². The molecule has 1 rings (SSSR count). The fourth-order valence-corrected chi connectivity index (χ4v) is 2.23. The van der Waals surface area contributed by atoms with Gasteiger partial charge in [-0.2, -0.15) is 0 Å². The van der Waals surface area contributed by atoms with E-state index in [0.29, 0.717) is 6.04 Å². The predicted molar refractivity (Wildman–Crippen MR) is 80.4 cm³/mol. The lowest BCUT2D eigenvalue weighted by Gasteiger charge is -2.29. The van der Waals surface area contributed by atoms with E-state index in [1.807, 2.05) is 20.0 Å². The second-order valence-electron chi connectivity index (χ2n) is 5.24. The summed E-state index contributed by atoms with van der Waals surface area (Å²) >= 11 is 0. The van der Waals surface area contributed by atoms with Crippen molar-refractivity contribution in [3.05, 3.63) is 17.6 Å². The molecule has 19 heavy (non-hydrogen) atoms. The molecule has 0 aliphatic carbocycles. The fraction of sp³-hybridized carbons (Fsp3) is 0.714.